The van der Waals surface area contributed by atoms with Crippen LogP contribution in [0.25, 0.3) is 0 Å². The molecule has 0 spiro atoms. The summed E-state index contributed by atoms with van der Waals surface area (Å²) in [5.41, 5.74) is 0.980. The predicted octanol–water partition coefficient (Wildman–Crippen LogP) is 2.12. The van der Waals surface area contributed by atoms with Crippen molar-refractivity contribution in [1.29, 1.82) is 0 Å². The first-order valence-corrected chi connectivity index (χ1v) is 6.80. The summed E-state index contributed by atoms with van der Waals surface area (Å²) in [6.45, 7) is 1.76. The Labute approximate surface area is 114 Å². The summed E-state index contributed by atoms with van der Waals surface area (Å²) in [4.78, 5) is 15.6. The number of nitrogens with zero attached hydrogens (tertiary/aromatic N) is 2. The van der Waals surface area contributed by atoms with Gasteiger partial charge in [-0.3, -0.25) is 15.2 Å². The standard InChI is InChI=1S/C12H13FN4OS/c1-8-14-12(17-16-8)15-11(18)7-19-6-9-2-4-10(13)5-3-9/h2-5H,6-7H2,1H3,(H2,14,15,16,17,18). The lowest BCUT2D eigenvalue weighted by molar-refractivity contribution is -0.113. The van der Waals surface area contributed by atoms with Gasteiger partial charge >= 0.3 is 0 Å². The third kappa shape index (κ3) is 4.36. The molecule has 0 saturated heterocycles. The normalized spacial score (nSPS) is 10.4. The number of benzene rings is 1. The fourth-order valence-corrected chi connectivity index (χ4v) is 2.19. The van der Waals surface area contributed by atoms with Gasteiger partial charge < -0.3 is 0 Å². The van der Waals surface area contributed by atoms with Crippen LogP contribution < -0.4 is 5.32 Å². The Kier molecular flexibility index (Phi) is 4.51. The largest absolute Gasteiger partial charge is 0.293 e. The molecular weight excluding hydrogens is 267 g/mol. The number of aromatic nitrogens is 3. The van der Waals surface area contributed by atoms with E-state index in [2.05, 4.69) is 20.5 Å². The molecule has 1 heterocycles. The number of halogens is 1. The molecule has 1 aromatic carbocycles. The molecule has 0 saturated carbocycles. The molecule has 2 rings (SSSR count). The lowest BCUT2D eigenvalue weighted by Crippen LogP contribution is -2.15. The van der Waals surface area contributed by atoms with Gasteiger partial charge in [-0.15, -0.1) is 16.9 Å². The van der Waals surface area contributed by atoms with Crippen LogP contribution in [0.3, 0.4) is 0 Å². The van der Waals surface area contributed by atoms with Crippen molar-refractivity contribution in [3.05, 3.63) is 41.5 Å². The monoisotopic (exact) mass is 280 g/mol. The number of hydrogen-bond donors (Lipinski definition) is 2. The van der Waals surface area contributed by atoms with Crippen molar-refractivity contribution in [2.24, 2.45) is 0 Å². The van der Waals surface area contributed by atoms with Crippen LogP contribution >= 0.6 is 11.8 Å². The number of carbonyl (C=O) groups excluding carboxylic acids is 1. The molecule has 0 unspecified atom stereocenters. The molecule has 7 heteroatoms. The van der Waals surface area contributed by atoms with Crippen molar-refractivity contribution in [3.63, 3.8) is 0 Å². The molecule has 0 atom stereocenters. The summed E-state index contributed by atoms with van der Waals surface area (Å²) < 4.78 is 12.7. The minimum atomic E-state index is -0.258. The SMILES string of the molecule is Cc1nc(NC(=O)CSCc2ccc(F)cc2)n[nH]1. The first kappa shape index (κ1) is 13.5. The molecule has 5 nitrogen and oxygen atoms in total. The van der Waals surface area contributed by atoms with Crippen LogP contribution in [0.1, 0.15) is 11.4 Å². The zero-order chi connectivity index (χ0) is 13.7. The highest BCUT2D eigenvalue weighted by molar-refractivity contribution is 7.99. The van der Waals surface area contributed by atoms with E-state index in [1.165, 1.54) is 23.9 Å². The second kappa shape index (κ2) is 6.33. The number of hydrogen-bond acceptors (Lipinski definition) is 4. The molecule has 2 N–H and O–H groups in total. The Hall–Kier alpha value is -1.89. The van der Waals surface area contributed by atoms with E-state index < -0.39 is 0 Å². The van der Waals surface area contributed by atoms with E-state index in [-0.39, 0.29) is 17.7 Å². The van der Waals surface area contributed by atoms with Crippen LogP contribution in [-0.4, -0.2) is 26.8 Å². The second-order valence-corrected chi connectivity index (χ2v) is 4.90. The average Bonchev–Trinajstić information content (AvgIpc) is 2.77. The summed E-state index contributed by atoms with van der Waals surface area (Å²) in [6, 6.07) is 6.23. The third-order valence-electron chi connectivity index (χ3n) is 2.26. The van der Waals surface area contributed by atoms with Gasteiger partial charge in [0.1, 0.15) is 11.6 Å². The van der Waals surface area contributed by atoms with Gasteiger partial charge in [0.15, 0.2) is 0 Å². The first-order chi connectivity index (χ1) is 9.13. The number of anilines is 1. The Balaban J connectivity index is 1.73. The maximum atomic E-state index is 12.7. The number of H-pyrrole nitrogens is 1. The zero-order valence-corrected chi connectivity index (χ0v) is 11.1. The Morgan fingerprint density at radius 2 is 2.16 bits per heavy atom. The van der Waals surface area contributed by atoms with E-state index in [4.69, 9.17) is 0 Å². The van der Waals surface area contributed by atoms with Gasteiger partial charge in [0.05, 0.1) is 5.75 Å². The maximum Gasteiger partial charge on any atom is 0.248 e. The van der Waals surface area contributed by atoms with E-state index in [0.717, 1.165) is 5.56 Å². The Morgan fingerprint density at radius 1 is 1.42 bits per heavy atom. The molecular formula is C12H13FN4OS. The van der Waals surface area contributed by atoms with Gasteiger partial charge in [0, 0.05) is 5.75 Å². The van der Waals surface area contributed by atoms with E-state index in [0.29, 0.717) is 17.3 Å². The molecule has 0 aliphatic heterocycles. The number of aromatic amines is 1. The summed E-state index contributed by atoms with van der Waals surface area (Å²) >= 11 is 1.45. The average molecular weight is 280 g/mol. The first-order valence-electron chi connectivity index (χ1n) is 5.64. The minimum Gasteiger partial charge on any atom is -0.293 e. The number of amides is 1. The van der Waals surface area contributed by atoms with Gasteiger partial charge in [0.25, 0.3) is 0 Å². The molecule has 0 radical (unpaired) electrons. The highest BCUT2D eigenvalue weighted by Gasteiger charge is 2.06. The van der Waals surface area contributed by atoms with E-state index in [9.17, 15) is 9.18 Å². The van der Waals surface area contributed by atoms with Crippen LogP contribution in [0.4, 0.5) is 10.3 Å². The Morgan fingerprint density at radius 3 is 2.79 bits per heavy atom. The fraction of sp³-hybridized carbons (Fsp3) is 0.250. The molecule has 1 amide bonds. The highest BCUT2D eigenvalue weighted by atomic mass is 32.2. The van der Waals surface area contributed by atoms with Gasteiger partial charge in [0.2, 0.25) is 11.9 Å². The second-order valence-electron chi connectivity index (χ2n) is 3.91. The smallest absolute Gasteiger partial charge is 0.248 e. The number of carbonyl (C=O) groups is 1. The lowest BCUT2D eigenvalue weighted by atomic mass is 10.2. The summed E-state index contributed by atoms with van der Waals surface area (Å²) in [5, 5.41) is 9.04. The predicted molar refractivity (Wildman–Crippen MR) is 72.3 cm³/mol. The van der Waals surface area contributed by atoms with Gasteiger partial charge in [-0.2, -0.15) is 4.98 Å². The molecule has 0 aliphatic carbocycles. The van der Waals surface area contributed by atoms with Crippen molar-refractivity contribution < 1.29 is 9.18 Å². The maximum absolute atomic E-state index is 12.7. The topological polar surface area (TPSA) is 70.7 Å². The molecule has 19 heavy (non-hydrogen) atoms. The zero-order valence-electron chi connectivity index (χ0n) is 10.3. The van der Waals surface area contributed by atoms with Crippen LogP contribution in [0.2, 0.25) is 0 Å². The molecule has 0 bridgehead atoms. The fourth-order valence-electron chi connectivity index (χ4n) is 1.40. The van der Waals surface area contributed by atoms with Crippen LogP contribution in [0.15, 0.2) is 24.3 Å². The van der Waals surface area contributed by atoms with E-state index in [1.807, 2.05) is 0 Å². The number of aryl methyl sites for hydroxylation is 1. The Bertz CT molecular complexity index is 555. The number of nitrogens with one attached hydrogen (secondary N) is 2. The molecule has 1 aromatic heterocycles. The molecule has 2 aromatic rings. The van der Waals surface area contributed by atoms with Gasteiger partial charge in [-0.1, -0.05) is 12.1 Å². The number of rotatable bonds is 5. The molecule has 100 valence electrons. The van der Waals surface area contributed by atoms with Crippen LogP contribution in [0.5, 0.6) is 0 Å². The third-order valence-corrected chi connectivity index (χ3v) is 3.27. The lowest BCUT2D eigenvalue weighted by Gasteiger charge is -2.02. The van der Waals surface area contributed by atoms with Crippen molar-refractivity contribution in [2.75, 3.05) is 11.1 Å². The van der Waals surface area contributed by atoms with Gasteiger partial charge in [-0.05, 0) is 24.6 Å². The summed E-state index contributed by atoms with van der Waals surface area (Å²) in [5.74, 6) is 1.46. The minimum absolute atomic E-state index is 0.161. The van der Waals surface area contributed by atoms with E-state index in [1.54, 1.807) is 19.1 Å². The summed E-state index contributed by atoms with van der Waals surface area (Å²) in [7, 11) is 0. The van der Waals surface area contributed by atoms with Gasteiger partial charge in [-0.25, -0.2) is 4.39 Å². The number of thioether (sulfide) groups is 1. The van der Waals surface area contributed by atoms with Crippen molar-refractivity contribution in [3.8, 4) is 0 Å². The quantitative estimate of drug-likeness (QED) is 0.880. The summed E-state index contributed by atoms with van der Waals surface area (Å²) in [6.07, 6.45) is 0. The van der Waals surface area contributed by atoms with Crippen LogP contribution in [-0.2, 0) is 10.5 Å². The molecule has 0 aliphatic rings. The van der Waals surface area contributed by atoms with Crippen molar-refractivity contribution in [1.82, 2.24) is 15.2 Å². The highest BCUT2D eigenvalue weighted by Crippen LogP contribution is 2.13. The molecule has 0 fully saturated rings. The van der Waals surface area contributed by atoms with Crippen LogP contribution in [0, 0.1) is 12.7 Å². The van der Waals surface area contributed by atoms with E-state index >= 15 is 0 Å². The van der Waals surface area contributed by atoms with Crippen molar-refractivity contribution >= 4 is 23.6 Å². The van der Waals surface area contributed by atoms with Crippen molar-refractivity contribution in [2.45, 2.75) is 12.7 Å².